The maximum atomic E-state index is 15.4. The number of ether oxygens (including phenoxy) is 1. The molecule has 1 amide bonds. The van der Waals surface area contributed by atoms with E-state index < -0.39 is 34.5 Å². The Labute approximate surface area is 224 Å². The highest BCUT2D eigenvalue weighted by Gasteiger charge is 2.23. The zero-order valence-electron chi connectivity index (χ0n) is 20.3. The number of hydrogen-bond acceptors (Lipinski definition) is 7. The Morgan fingerprint density at radius 3 is 2.66 bits per heavy atom. The van der Waals surface area contributed by atoms with Gasteiger partial charge in [0.25, 0.3) is 5.91 Å². The number of nitrogens with zero attached hydrogens (tertiary/aromatic N) is 3. The quantitative estimate of drug-likeness (QED) is 0.193. The average molecular weight is 558 g/mol. The molecule has 8 nitrogen and oxygen atoms in total. The number of amides is 1. The van der Waals surface area contributed by atoms with Crippen molar-refractivity contribution in [2.45, 2.75) is 19.3 Å². The van der Waals surface area contributed by atoms with Gasteiger partial charge in [-0.05, 0) is 55.2 Å². The lowest BCUT2D eigenvalue weighted by Gasteiger charge is -2.27. The van der Waals surface area contributed by atoms with Crippen LogP contribution in [0.3, 0.4) is 0 Å². The van der Waals surface area contributed by atoms with Crippen LogP contribution in [0.1, 0.15) is 34.5 Å². The molecule has 2 heterocycles. The number of thiophene rings is 1. The lowest BCUT2D eigenvalue weighted by Crippen LogP contribution is -2.28. The number of benzene rings is 2. The van der Waals surface area contributed by atoms with Gasteiger partial charge >= 0.3 is 0 Å². The molecule has 2 aromatic carbocycles. The van der Waals surface area contributed by atoms with Gasteiger partial charge in [0.2, 0.25) is 0 Å². The highest BCUT2D eigenvalue weighted by molar-refractivity contribution is 7.80. The summed E-state index contributed by atoms with van der Waals surface area (Å²) in [6, 6.07) is 9.44. The van der Waals surface area contributed by atoms with E-state index in [0.717, 1.165) is 27.8 Å². The van der Waals surface area contributed by atoms with Crippen molar-refractivity contribution in [3.8, 4) is 5.75 Å². The highest BCUT2D eigenvalue weighted by atomic mass is 32.2. The number of fused-ring (bicyclic) bond motifs is 1. The molecule has 4 aromatic rings. The number of carbonyl (C=O) groups is 1. The molecule has 1 atom stereocenters. The molecule has 1 unspecified atom stereocenters. The lowest BCUT2D eigenvalue weighted by atomic mass is 10.1. The van der Waals surface area contributed by atoms with Crippen LogP contribution in [0.25, 0.3) is 16.3 Å². The van der Waals surface area contributed by atoms with Gasteiger partial charge in [-0.3, -0.25) is 13.3 Å². The topological polar surface area (TPSA) is 107 Å². The molecule has 0 radical (unpaired) electrons. The van der Waals surface area contributed by atoms with Crippen LogP contribution in [0.2, 0.25) is 0 Å². The van der Waals surface area contributed by atoms with Gasteiger partial charge in [0.15, 0.2) is 5.82 Å². The van der Waals surface area contributed by atoms with Crippen molar-refractivity contribution in [2.24, 2.45) is 0 Å². The van der Waals surface area contributed by atoms with Gasteiger partial charge in [0.05, 0.1) is 34.3 Å². The fourth-order valence-electron chi connectivity index (χ4n) is 3.86. The number of methoxy groups -OCH3 is 1. The molecule has 198 valence electrons. The van der Waals surface area contributed by atoms with Crippen LogP contribution in [0.5, 0.6) is 5.75 Å². The molecule has 1 N–H and O–H groups in total. The van der Waals surface area contributed by atoms with Crippen molar-refractivity contribution >= 4 is 56.2 Å². The van der Waals surface area contributed by atoms with E-state index in [0.29, 0.717) is 35.2 Å². The first-order valence-corrected chi connectivity index (χ1v) is 13.4. The van der Waals surface area contributed by atoms with Crippen LogP contribution in [0, 0.1) is 11.6 Å². The van der Waals surface area contributed by atoms with Gasteiger partial charge in [-0.1, -0.05) is 18.7 Å². The van der Waals surface area contributed by atoms with Crippen LogP contribution in [0.4, 0.5) is 20.2 Å². The summed E-state index contributed by atoms with van der Waals surface area (Å²) in [5.74, 6) is -2.30. The third-order valence-electron chi connectivity index (χ3n) is 5.81. The average Bonchev–Trinajstić information content (AvgIpc) is 3.36. The normalized spacial score (nSPS) is 11.8. The van der Waals surface area contributed by atoms with Gasteiger partial charge in [-0.25, -0.2) is 18.7 Å². The molecule has 0 aliphatic rings. The molecule has 0 saturated heterocycles. The number of aryl methyl sites for hydroxylation is 1. The second-order valence-corrected chi connectivity index (χ2v) is 9.88. The number of unbranched alkanes of at least 4 members (excludes halogenated alkanes) is 1. The van der Waals surface area contributed by atoms with Crippen molar-refractivity contribution < 1.29 is 27.1 Å². The maximum Gasteiger partial charge on any atom is 0.258 e. The Hall–Kier alpha value is -3.74. The number of halogens is 2. The SMILES string of the molecule is C=Cc1ncnc2c(C(=O)Nc3c(F)ccc(N(CCCCc4ccc(OC)cc4)S(=O)[O-])c3F)csc12. The minimum Gasteiger partial charge on any atom is -0.755 e. The van der Waals surface area contributed by atoms with Crippen LogP contribution in [0.15, 0.2) is 54.7 Å². The smallest absolute Gasteiger partial charge is 0.258 e. The fraction of sp³-hybridized carbons (Fsp3) is 0.192. The standard InChI is InChI=1S/C26H24F2N4O4S2/c1-3-20-25-23(30-15-29-20)18(14-37-25)26(33)31-24-19(27)11-12-21(22(24)28)32(38(34)35)13-5-4-6-16-7-9-17(36-2)10-8-16/h3,7-12,14-15H,1,4-6,13H2,2H3,(H,31,33)(H,34,35)/p-1. The van der Waals surface area contributed by atoms with Crippen LogP contribution in [-0.4, -0.2) is 38.3 Å². The highest BCUT2D eigenvalue weighted by Crippen LogP contribution is 2.32. The summed E-state index contributed by atoms with van der Waals surface area (Å²) >= 11 is -1.63. The number of hydrogen-bond donors (Lipinski definition) is 1. The largest absolute Gasteiger partial charge is 0.755 e. The summed E-state index contributed by atoms with van der Waals surface area (Å²) in [4.78, 5) is 21.1. The summed E-state index contributed by atoms with van der Waals surface area (Å²) in [5, 5.41) is 3.74. The minimum absolute atomic E-state index is 0.0291. The van der Waals surface area contributed by atoms with E-state index in [2.05, 4.69) is 21.9 Å². The summed E-state index contributed by atoms with van der Waals surface area (Å²) in [6.45, 7) is 3.64. The maximum absolute atomic E-state index is 15.4. The molecule has 0 aliphatic heterocycles. The minimum atomic E-state index is -2.83. The molecule has 0 aliphatic carbocycles. The molecule has 0 bridgehead atoms. The molecule has 0 saturated carbocycles. The van der Waals surface area contributed by atoms with Gasteiger partial charge in [0, 0.05) is 23.2 Å². The van der Waals surface area contributed by atoms with Gasteiger partial charge < -0.3 is 14.6 Å². The molecule has 0 fully saturated rings. The Morgan fingerprint density at radius 2 is 1.97 bits per heavy atom. The predicted molar refractivity (Wildman–Crippen MR) is 144 cm³/mol. The molecule has 2 aromatic heterocycles. The zero-order valence-corrected chi connectivity index (χ0v) is 21.9. The number of aromatic nitrogens is 2. The first kappa shape index (κ1) is 27.3. The summed E-state index contributed by atoms with van der Waals surface area (Å²) in [7, 11) is 1.58. The van der Waals surface area contributed by atoms with Crippen molar-refractivity contribution in [1.29, 1.82) is 0 Å². The van der Waals surface area contributed by atoms with Crippen LogP contribution in [-0.2, 0) is 17.7 Å². The van der Waals surface area contributed by atoms with E-state index in [1.807, 2.05) is 24.3 Å². The van der Waals surface area contributed by atoms with E-state index in [-0.39, 0.29) is 17.8 Å². The van der Waals surface area contributed by atoms with Crippen molar-refractivity contribution in [1.82, 2.24) is 9.97 Å². The van der Waals surface area contributed by atoms with E-state index in [4.69, 9.17) is 4.74 Å². The van der Waals surface area contributed by atoms with Gasteiger partial charge in [0.1, 0.15) is 23.6 Å². The zero-order chi connectivity index (χ0) is 27.2. The summed E-state index contributed by atoms with van der Waals surface area (Å²) in [6.07, 6.45) is 4.51. The number of rotatable bonds is 11. The molecule has 4 rings (SSSR count). The second-order valence-electron chi connectivity index (χ2n) is 8.12. The molecular formula is C26H23F2N4O4S2-. The molecule has 12 heteroatoms. The van der Waals surface area contributed by atoms with Gasteiger partial charge in [-0.2, -0.15) is 0 Å². The number of carbonyl (C=O) groups excluding carboxylic acids is 1. The Balaban J connectivity index is 1.50. The second kappa shape index (κ2) is 12.2. The third-order valence-corrected chi connectivity index (χ3v) is 7.54. The van der Waals surface area contributed by atoms with E-state index in [1.165, 1.54) is 29.1 Å². The monoisotopic (exact) mass is 557 g/mol. The summed E-state index contributed by atoms with van der Waals surface area (Å²) in [5.41, 5.74) is 0.865. The lowest BCUT2D eigenvalue weighted by molar-refractivity contribution is 0.102. The Bertz CT molecular complexity index is 1490. The van der Waals surface area contributed by atoms with Crippen LogP contribution >= 0.6 is 11.3 Å². The third kappa shape index (κ3) is 5.87. The number of anilines is 2. The summed E-state index contributed by atoms with van der Waals surface area (Å²) < 4.78 is 60.4. The van der Waals surface area contributed by atoms with Crippen molar-refractivity contribution in [2.75, 3.05) is 23.3 Å². The van der Waals surface area contributed by atoms with Crippen molar-refractivity contribution in [3.05, 3.63) is 83.1 Å². The van der Waals surface area contributed by atoms with E-state index >= 15 is 4.39 Å². The first-order chi connectivity index (χ1) is 18.3. The Kier molecular flexibility index (Phi) is 8.77. The Morgan fingerprint density at radius 1 is 1.21 bits per heavy atom. The molecule has 0 spiro atoms. The number of nitrogens with one attached hydrogen (secondary N) is 1. The van der Waals surface area contributed by atoms with Crippen molar-refractivity contribution in [3.63, 3.8) is 0 Å². The van der Waals surface area contributed by atoms with E-state index in [1.54, 1.807) is 7.11 Å². The van der Waals surface area contributed by atoms with Gasteiger partial charge in [-0.15, -0.1) is 11.3 Å². The molecular weight excluding hydrogens is 534 g/mol. The fourth-order valence-corrected chi connectivity index (χ4v) is 5.42. The first-order valence-electron chi connectivity index (χ1n) is 11.5. The predicted octanol–water partition coefficient (Wildman–Crippen LogP) is 5.50. The molecule has 38 heavy (non-hydrogen) atoms. The van der Waals surface area contributed by atoms with E-state index in [9.17, 15) is 17.9 Å². The van der Waals surface area contributed by atoms with Crippen LogP contribution < -0.4 is 14.4 Å².